The second-order valence-corrected chi connectivity index (χ2v) is 6.77. The molecule has 0 fully saturated rings. The van der Waals surface area contributed by atoms with Gasteiger partial charge in [-0.05, 0) is 36.1 Å². The zero-order valence-electron chi connectivity index (χ0n) is 14.6. The Labute approximate surface area is 148 Å². The van der Waals surface area contributed by atoms with Crippen LogP contribution >= 0.6 is 0 Å². The third kappa shape index (κ3) is 3.87. The fourth-order valence-electron chi connectivity index (χ4n) is 3.15. The van der Waals surface area contributed by atoms with Gasteiger partial charge < -0.3 is 10.2 Å². The van der Waals surface area contributed by atoms with E-state index in [0.717, 1.165) is 11.3 Å². The Balaban J connectivity index is 1.74. The zero-order valence-corrected chi connectivity index (χ0v) is 14.6. The predicted molar refractivity (Wildman–Crippen MR) is 95.6 cm³/mol. The summed E-state index contributed by atoms with van der Waals surface area (Å²) in [5.41, 5.74) is 2.49. The lowest BCUT2D eigenvalue weighted by Gasteiger charge is -2.28. The molecule has 25 heavy (non-hydrogen) atoms. The van der Waals surface area contributed by atoms with Gasteiger partial charge in [-0.15, -0.1) is 0 Å². The molecule has 1 aliphatic rings. The first kappa shape index (κ1) is 17.1. The molecule has 0 saturated heterocycles. The fraction of sp³-hybridized carbons (Fsp3) is 0.350. The molecule has 2 heterocycles. The van der Waals surface area contributed by atoms with Crippen molar-refractivity contribution in [2.24, 2.45) is 5.92 Å². The van der Waals surface area contributed by atoms with Crippen molar-refractivity contribution in [3.63, 3.8) is 0 Å². The van der Waals surface area contributed by atoms with E-state index in [4.69, 9.17) is 0 Å². The molecule has 5 nitrogen and oxygen atoms in total. The van der Waals surface area contributed by atoms with E-state index in [-0.39, 0.29) is 11.8 Å². The highest BCUT2D eigenvalue weighted by Crippen LogP contribution is 2.26. The van der Waals surface area contributed by atoms with Crippen molar-refractivity contribution in [1.82, 2.24) is 15.2 Å². The van der Waals surface area contributed by atoms with Crippen molar-refractivity contribution in [3.8, 4) is 0 Å². The summed E-state index contributed by atoms with van der Waals surface area (Å²) in [7, 11) is 0. The molecule has 130 valence electrons. The molecule has 1 unspecified atom stereocenters. The lowest BCUT2D eigenvalue weighted by Crippen LogP contribution is -2.47. The summed E-state index contributed by atoms with van der Waals surface area (Å²) in [4.78, 5) is 31.4. The molecule has 0 saturated carbocycles. The van der Waals surface area contributed by atoms with Gasteiger partial charge in [-0.3, -0.25) is 14.6 Å². The normalized spacial score (nSPS) is 14.5. The largest absolute Gasteiger partial charge is 0.349 e. The summed E-state index contributed by atoms with van der Waals surface area (Å²) in [6, 6.07) is 12.7. The summed E-state index contributed by atoms with van der Waals surface area (Å²) in [5.74, 6) is 0.122. The molecule has 5 heteroatoms. The van der Waals surface area contributed by atoms with Crippen LogP contribution in [0.1, 0.15) is 41.9 Å². The van der Waals surface area contributed by atoms with Gasteiger partial charge in [-0.2, -0.15) is 0 Å². The fourth-order valence-corrected chi connectivity index (χ4v) is 3.15. The number of pyridine rings is 1. The molecule has 3 rings (SSSR count). The first-order valence-corrected chi connectivity index (χ1v) is 8.62. The number of benzene rings is 1. The number of carbonyl (C=O) groups excluding carboxylic acids is 2. The second-order valence-electron chi connectivity index (χ2n) is 6.77. The summed E-state index contributed by atoms with van der Waals surface area (Å²) >= 11 is 0. The lowest BCUT2D eigenvalue weighted by atomic mass is 10.0. The van der Waals surface area contributed by atoms with Crippen LogP contribution in [0.5, 0.6) is 0 Å². The summed E-state index contributed by atoms with van der Waals surface area (Å²) in [5, 5.41) is 2.93. The van der Waals surface area contributed by atoms with Gasteiger partial charge in [0.15, 0.2) is 0 Å². The lowest BCUT2D eigenvalue weighted by molar-refractivity contribution is -0.126. The smallest absolute Gasteiger partial charge is 0.255 e. The van der Waals surface area contributed by atoms with E-state index in [2.05, 4.69) is 24.1 Å². The number of rotatable bonds is 6. The first-order chi connectivity index (χ1) is 12.1. The number of aromatic nitrogens is 1. The van der Waals surface area contributed by atoms with Gasteiger partial charge in [0.25, 0.3) is 5.91 Å². The molecule has 1 atom stereocenters. The van der Waals surface area contributed by atoms with E-state index in [0.29, 0.717) is 31.0 Å². The molecule has 2 amide bonds. The number of nitrogens with zero attached hydrogens (tertiary/aromatic N) is 2. The van der Waals surface area contributed by atoms with Crippen molar-refractivity contribution in [1.29, 1.82) is 0 Å². The summed E-state index contributed by atoms with van der Waals surface area (Å²) in [6.07, 6.45) is 2.33. The number of hydrogen-bond donors (Lipinski definition) is 1. The van der Waals surface area contributed by atoms with Gasteiger partial charge in [-0.25, -0.2) is 0 Å². The number of hydrogen-bond acceptors (Lipinski definition) is 3. The Morgan fingerprint density at radius 1 is 1.20 bits per heavy atom. The average Bonchev–Trinajstić information content (AvgIpc) is 2.95. The average molecular weight is 337 g/mol. The molecule has 1 N–H and O–H groups in total. The molecule has 0 aliphatic carbocycles. The monoisotopic (exact) mass is 337 g/mol. The molecule has 0 radical (unpaired) electrons. The van der Waals surface area contributed by atoms with Crippen LogP contribution in [-0.4, -0.2) is 27.7 Å². The van der Waals surface area contributed by atoms with Gasteiger partial charge in [0, 0.05) is 18.3 Å². The van der Waals surface area contributed by atoms with E-state index in [1.165, 1.54) is 0 Å². The van der Waals surface area contributed by atoms with Gasteiger partial charge in [0.05, 0.1) is 12.2 Å². The number of nitrogens with one attached hydrogen (secondary N) is 1. The van der Waals surface area contributed by atoms with E-state index in [1.54, 1.807) is 11.1 Å². The quantitative estimate of drug-likeness (QED) is 0.882. The van der Waals surface area contributed by atoms with E-state index < -0.39 is 6.04 Å². The Morgan fingerprint density at radius 3 is 2.64 bits per heavy atom. The van der Waals surface area contributed by atoms with Crippen molar-refractivity contribution < 1.29 is 9.59 Å². The van der Waals surface area contributed by atoms with Crippen molar-refractivity contribution in [3.05, 3.63) is 65.5 Å². The number of carbonyl (C=O) groups is 2. The SMILES string of the molecule is CC(C)CC(C(=O)NCc1ccccn1)N1Cc2ccccc2C1=O. The highest BCUT2D eigenvalue weighted by Gasteiger charge is 2.36. The predicted octanol–water partition coefficient (Wildman–Crippen LogP) is 2.77. The molecular formula is C20H23N3O2. The van der Waals surface area contributed by atoms with Crippen LogP contribution in [0.25, 0.3) is 0 Å². The maximum Gasteiger partial charge on any atom is 0.255 e. The minimum atomic E-state index is -0.469. The Hall–Kier alpha value is -2.69. The third-order valence-corrected chi connectivity index (χ3v) is 4.39. The Kier molecular flexibility index (Phi) is 5.12. The van der Waals surface area contributed by atoms with Crippen molar-refractivity contribution >= 4 is 11.8 Å². The molecule has 2 aromatic rings. The van der Waals surface area contributed by atoms with Gasteiger partial charge in [0.1, 0.15) is 6.04 Å². The molecule has 1 aromatic carbocycles. The highest BCUT2D eigenvalue weighted by atomic mass is 16.2. The van der Waals surface area contributed by atoms with Crippen LogP contribution in [0, 0.1) is 5.92 Å². The second kappa shape index (κ2) is 7.47. The molecule has 1 aliphatic heterocycles. The topological polar surface area (TPSA) is 62.3 Å². The number of amides is 2. The van der Waals surface area contributed by atoms with Crippen LogP contribution in [0.15, 0.2) is 48.7 Å². The third-order valence-electron chi connectivity index (χ3n) is 4.39. The van der Waals surface area contributed by atoms with Gasteiger partial charge in [-0.1, -0.05) is 38.1 Å². The maximum absolute atomic E-state index is 12.8. The first-order valence-electron chi connectivity index (χ1n) is 8.62. The van der Waals surface area contributed by atoms with Gasteiger partial charge in [0.2, 0.25) is 5.91 Å². The Bertz CT molecular complexity index is 759. The minimum Gasteiger partial charge on any atom is -0.349 e. The standard InChI is InChI=1S/C20H23N3O2/c1-14(2)11-18(19(24)22-12-16-8-5-6-10-21-16)23-13-15-7-3-4-9-17(15)20(23)25/h3-10,14,18H,11-13H2,1-2H3,(H,22,24). The van der Waals surface area contributed by atoms with E-state index >= 15 is 0 Å². The van der Waals surface area contributed by atoms with Gasteiger partial charge >= 0.3 is 0 Å². The number of fused-ring (bicyclic) bond motifs is 1. The minimum absolute atomic E-state index is 0.0609. The maximum atomic E-state index is 12.8. The van der Waals surface area contributed by atoms with Crippen molar-refractivity contribution in [2.45, 2.75) is 39.4 Å². The highest BCUT2D eigenvalue weighted by molar-refractivity contribution is 6.01. The molecule has 0 bridgehead atoms. The summed E-state index contributed by atoms with van der Waals surface area (Å²) < 4.78 is 0. The van der Waals surface area contributed by atoms with E-state index in [1.807, 2.05) is 42.5 Å². The van der Waals surface area contributed by atoms with Crippen LogP contribution in [0.4, 0.5) is 0 Å². The van der Waals surface area contributed by atoms with E-state index in [9.17, 15) is 9.59 Å². The van der Waals surface area contributed by atoms with Crippen LogP contribution in [0.3, 0.4) is 0 Å². The molecule has 1 aromatic heterocycles. The van der Waals surface area contributed by atoms with Crippen LogP contribution in [-0.2, 0) is 17.9 Å². The van der Waals surface area contributed by atoms with Crippen LogP contribution < -0.4 is 5.32 Å². The zero-order chi connectivity index (χ0) is 17.8. The Morgan fingerprint density at radius 2 is 1.96 bits per heavy atom. The molecular weight excluding hydrogens is 314 g/mol. The van der Waals surface area contributed by atoms with Crippen molar-refractivity contribution in [2.75, 3.05) is 0 Å². The van der Waals surface area contributed by atoms with Crippen LogP contribution in [0.2, 0.25) is 0 Å². The summed E-state index contributed by atoms with van der Waals surface area (Å²) in [6.45, 7) is 4.98. The molecule has 0 spiro atoms.